The molecule has 21 heavy (non-hydrogen) atoms. The van der Waals surface area contributed by atoms with E-state index in [-0.39, 0.29) is 24.0 Å². The van der Waals surface area contributed by atoms with Crippen molar-refractivity contribution in [3.63, 3.8) is 0 Å². The largest absolute Gasteiger partial charge is 0.376 e. The number of guanidine groups is 1. The molecule has 0 bridgehead atoms. The van der Waals surface area contributed by atoms with Gasteiger partial charge < -0.3 is 14.5 Å². The van der Waals surface area contributed by atoms with Gasteiger partial charge in [-0.25, -0.2) is 0 Å². The number of ether oxygens (including phenoxy) is 1. The summed E-state index contributed by atoms with van der Waals surface area (Å²) in [6.07, 6.45) is 0. The van der Waals surface area contributed by atoms with Crippen LogP contribution in [0.3, 0.4) is 0 Å². The fraction of sp³-hybridized carbons (Fsp3) is 0.562. The third kappa shape index (κ3) is 8.26. The first-order valence-electron chi connectivity index (χ1n) is 7.01. The monoisotopic (exact) mass is 405 g/mol. The Bertz CT molecular complexity index is 397. The van der Waals surface area contributed by atoms with Crippen LogP contribution in [0, 0.1) is 5.92 Å². The number of nitrogens with zero attached hydrogens (tertiary/aromatic N) is 3. The Morgan fingerprint density at radius 1 is 1.10 bits per heavy atom. The van der Waals surface area contributed by atoms with Crippen LogP contribution in [0.2, 0.25) is 0 Å². The predicted octanol–water partition coefficient (Wildman–Crippen LogP) is 2.94. The zero-order chi connectivity index (χ0) is 15.0. The SMILES string of the molecule is CC(CN=C(N(C)C)N(C)C)COCc1ccccc1.I. The molecule has 0 N–H and O–H groups in total. The molecule has 4 nitrogen and oxygen atoms in total. The molecule has 1 aromatic rings. The summed E-state index contributed by atoms with van der Waals surface area (Å²) in [5.41, 5.74) is 1.21. The van der Waals surface area contributed by atoms with Crippen molar-refractivity contribution in [2.75, 3.05) is 41.3 Å². The molecule has 5 heteroatoms. The first-order valence-corrected chi connectivity index (χ1v) is 7.01. The number of hydrogen-bond acceptors (Lipinski definition) is 2. The average Bonchev–Trinajstić information content (AvgIpc) is 2.39. The Labute approximate surface area is 146 Å². The number of halogens is 1. The topological polar surface area (TPSA) is 28.1 Å². The van der Waals surface area contributed by atoms with E-state index in [1.54, 1.807) is 0 Å². The Morgan fingerprint density at radius 2 is 1.67 bits per heavy atom. The van der Waals surface area contributed by atoms with Crippen molar-refractivity contribution in [1.29, 1.82) is 0 Å². The Hall–Kier alpha value is -0.820. The molecule has 0 radical (unpaired) electrons. The average molecular weight is 405 g/mol. The lowest BCUT2D eigenvalue weighted by Gasteiger charge is -2.23. The zero-order valence-electron chi connectivity index (χ0n) is 13.7. The third-order valence-corrected chi connectivity index (χ3v) is 2.86. The van der Waals surface area contributed by atoms with Crippen molar-refractivity contribution in [2.24, 2.45) is 10.9 Å². The smallest absolute Gasteiger partial charge is 0.195 e. The fourth-order valence-corrected chi connectivity index (χ4v) is 1.93. The number of benzene rings is 1. The van der Waals surface area contributed by atoms with Crippen molar-refractivity contribution in [2.45, 2.75) is 13.5 Å². The fourth-order valence-electron chi connectivity index (χ4n) is 1.93. The van der Waals surface area contributed by atoms with Gasteiger partial charge in [-0.1, -0.05) is 37.3 Å². The van der Waals surface area contributed by atoms with Crippen LogP contribution in [0.4, 0.5) is 0 Å². The minimum Gasteiger partial charge on any atom is -0.376 e. The molecule has 1 rings (SSSR count). The van der Waals surface area contributed by atoms with Crippen LogP contribution in [0.15, 0.2) is 35.3 Å². The highest BCUT2D eigenvalue weighted by Gasteiger charge is 2.06. The van der Waals surface area contributed by atoms with Gasteiger partial charge in [0.15, 0.2) is 5.96 Å². The maximum absolute atomic E-state index is 5.74. The highest BCUT2D eigenvalue weighted by Crippen LogP contribution is 2.04. The summed E-state index contributed by atoms with van der Waals surface area (Å²) in [5.74, 6) is 1.40. The summed E-state index contributed by atoms with van der Waals surface area (Å²) in [7, 11) is 8.04. The van der Waals surface area contributed by atoms with E-state index in [0.29, 0.717) is 12.5 Å². The van der Waals surface area contributed by atoms with Gasteiger partial charge in [-0.05, 0) is 11.5 Å². The lowest BCUT2D eigenvalue weighted by atomic mass is 10.2. The molecule has 0 spiro atoms. The normalized spacial score (nSPS) is 11.3. The lowest BCUT2D eigenvalue weighted by Crippen LogP contribution is -2.36. The second-order valence-corrected chi connectivity index (χ2v) is 5.54. The van der Waals surface area contributed by atoms with E-state index >= 15 is 0 Å². The van der Waals surface area contributed by atoms with Crippen molar-refractivity contribution in [3.8, 4) is 0 Å². The molecule has 0 aliphatic carbocycles. The van der Waals surface area contributed by atoms with E-state index < -0.39 is 0 Å². The van der Waals surface area contributed by atoms with Gasteiger partial charge in [-0.15, -0.1) is 24.0 Å². The van der Waals surface area contributed by atoms with E-state index in [0.717, 1.165) is 19.1 Å². The van der Waals surface area contributed by atoms with E-state index in [2.05, 4.69) is 24.0 Å². The minimum atomic E-state index is 0. The lowest BCUT2D eigenvalue weighted by molar-refractivity contribution is 0.0943. The first-order chi connectivity index (χ1) is 9.50. The van der Waals surface area contributed by atoms with Crippen LogP contribution >= 0.6 is 24.0 Å². The molecule has 0 fully saturated rings. The van der Waals surface area contributed by atoms with Crippen LogP contribution in [0.25, 0.3) is 0 Å². The van der Waals surface area contributed by atoms with Crippen LogP contribution in [-0.4, -0.2) is 57.1 Å². The molecule has 1 aromatic carbocycles. The standard InChI is InChI=1S/C16H27N3O.HI/c1-14(11-17-16(18(2)3)19(4)5)12-20-13-15-9-7-6-8-10-15;/h6-10,14H,11-13H2,1-5H3;1H. The van der Waals surface area contributed by atoms with Gasteiger partial charge in [0, 0.05) is 34.7 Å². The minimum absolute atomic E-state index is 0. The molecule has 0 aliphatic rings. The van der Waals surface area contributed by atoms with E-state index in [4.69, 9.17) is 4.74 Å². The molecule has 0 aromatic heterocycles. The van der Waals surface area contributed by atoms with Crippen molar-refractivity contribution < 1.29 is 4.74 Å². The van der Waals surface area contributed by atoms with E-state index in [1.807, 2.05) is 56.2 Å². The second kappa shape index (κ2) is 10.8. The third-order valence-electron chi connectivity index (χ3n) is 2.86. The van der Waals surface area contributed by atoms with Gasteiger partial charge in [-0.3, -0.25) is 4.99 Å². The molecule has 0 aliphatic heterocycles. The van der Waals surface area contributed by atoms with E-state index in [9.17, 15) is 0 Å². The Morgan fingerprint density at radius 3 is 2.19 bits per heavy atom. The van der Waals surface area contributed by atoms with Gasteiger partial charge in [0.2, 0.25) is 0 Å². The maximum atomic E-state index is 5.74. The summed E-state index contributed by atoms with van der Waals surface area (Å²) in [5, 5.41) is 0. The molecular formula is C16H28IN3O. The molecular weight excluding hydrogens is 377 g/mol. The summed E-state index contributed by atoms with van der Waals surface area (Å²) < 4.78 is 5.74. The quantitative estimate of drug-likeness (QED) is 0.414. The summed E-state index contributed by atoms with van der Waals surface area (Å²) in [6, 6.07) is 10.3. The van der Waals surface area contributed by atoms with Crippen molar-refractivity contribution in [3.05, 3.63) is 35.9 Å². The van der Waals surface area contributed by atoms with Gasteiger partial charge in [-0.2, -0.15) is 0 Å². The van der Waals surface area contributed by atoms with Crippen LogP contribution < -0.4 is 0 Å². The predicted molar refractivity (Wildman–Crippen MR) is 100 cm³/mol. The highest BCUT2D eigenvalue weighted by molar-refractivity contribution is 14.0. The maximum Gasteiger partial charge on any atom is 0.195 e. The number of rotatable bonds is 6. The molecule has 0 saturated heterocycles. The van der Waals surface area contributed by atoms with Crippen molar-refractivity contribution in [1.82, 2.24) is 9.80 Å². The second-order valence-electron chi connectivity index (χ2n) is 5.54. The van der Waals surface area contributed by atoms with Gasteiger partial charge in [0.25, 0.3) is 0 Å². The van der Waals surface area contributed by atoms with Crippen molar-refractivity contribution >= 4 is 29.9 Å². The zero-order valence-corrected chi connectivity index (χ0v) is 16.1. The molecule has 0 amide bonds. The van der Waals surface area contributed by atoms with Crippen LogP contribution in [-0.2, 0) is 11.3 Å². The van der Waals surface area contributed by atoms with Gasteiger partial charge in [0.1, 0.15) is 0 Å². The van der Waals surface area contributed by atoms with Crippen LogP contribution in [0.5, 0.6) is 0 Å². The first kappa shape index (κ1) is 20.2. The van der Waals surface area contributed by atoms with Gasteiger partial charge >= 0.3 is 0 Å². The number of aliphatic imine (C=N–C) groups is 1. The molecule has 1 unspecified atom stereocenters. The Balaban J connectivity index is 0.00000400. The highest BCUT2D eigenvalue weighted by atomic mass is 127. The molecule has 0 saturated carbocycles. The molecule has 1 atom stereocenters. The Kier molecular flexibility index (Phi) is 10.4. The number of hydrogen-bond donors (Lipinski definition) is 0. The molecule has 0 heterocycles. The summed E-state index contributed by atoms with van der Waals surface area (Å²) in [4.78, 5) is 8.69. The molecule has 120 valence electrons. The summed E-state index contributed by atoms with van der Waals surface area (Å²) >= 11 is 0. The van der Waals surface area contributed by atoms with Gasteiger partial charge in [0.05, 0.1) is 13.2 Å². The van der Waals surface area contributed by atoms with Crippen LogP contribution in [0.1, 0.15) is 12.5 Å². The van der Waals surface area contributed by atoms with E-state index in [1.165, 1.54) is 5.56 Å². The summed E-state index contributed by atoms with van der Waals surface area (Å²) in [6.45, 7) is 4.34.